The van der Waals surface area contributed by atoms with Gasteiger partial charge >= 0.3 is 0 Å². The summed E-state index contributed by atoms with van der Waals surface area (Å²) in [6, 6.07) is 10.1. The van der Waals surface area contributed by atoms with Gasteiger partial charge in [0, 0.05) is 5.54 Å². The van der Waals surface area contributed by atoms with Gasteiger partial charge < -0.3 is 5.73 Å². The van der Waals surface area contributed by atoms with Crippen molar-refractivity contribution in [2.75, 3.05) is 0 Å². The molecule has 0 aromatic heterocycles. The molecule has 0 spiro atoms. The SMILES string of the molecule is CC(C)(C)NC(N)c1ccccc1. The molecule has 3 N–H and O–H groups in total. The highest BCUT2D eigenvalue weighted by Gasteiger charge is 2.14. The topological polar surface area (TPSA) is 38.0 Å². The van der Waals surface area contributed by atoms with Crippen LogP contribution >= 0.6 is 0 Å². The predicted molar refractivity (Wildman–Crippen MR) is 56.3 cm³/mol. The third kappa shape index (κ3) is 3.57. The Balaban J connectivity index is 2.64. The summed E-state index contributed by atoms with van der Waals surface area (Å²) in [6.45, 7) is 6.32. The Labute approximate surface area is 80.1 Å². The Morgan fingerprint density at radius 3 is 2.15 bits per heavy atom. The number of hydrogen-bond donors (Lipinski definition) is 2. The molecule has 1 unspecified atom stereocenters. The van der Waals surface area contributed by atoms with E-state index in [0.29, 0.717) is 0 Å². The highest BCUT2D eigenvalue weighted by atomic mass is 15.1. The van der Waals surface area contributed by atoms with Crippen LogP contribution in [0.1, 0.15) is 32.5 Å². The van der Waals surface area contributed by atoms with Crippen LogP contribution in [0.2, 0.25) is 0 Å². The molecule has 72 valence electrons. The molecule has 1 atom stereocenters. The first-order chi connectivity index (χ1) is 5.99. The van der Waals surface area contributed by atoms with E-state index in [2.05, 4.69) is 26.1 Å². The first-order valence-electron chi connectivity index (χ1n) is 4.57. The molecular weight excluding hydrogens is 160 g/mol. The molecule has 1 aromatic carbocycles. The van der Waals surface area contributed by atoms with Gasteiger partial charge in [0.2, 0.25) is 0 Å². The lowest BCUT2D eigenvalue weighted by atomic mass is 10.1. The monoisotopic (exact) mass is 178 g/mol. The van der Waals surface area contributed by atoms with Crippen LogP contribution in [0, 0.1) is 0 Å². The number of benzene rings is 1. The number of rotatable bonds is 2. The van der Waals surface area contributed by atoms with Crippen molar-refractivity contribution in [2.24, 2.45) is 5.73 Å². The molecule has 0 amide bonds. The Kier molecular flexibility index (Phi) is 3.07. The summed E-state index contributed by atoms with van der Waals surface area (Å²) < 4.78 is 0. The second-order valence-electron chi connectivity index (χ2n) is 4.28. The van der Waals surface area contributed by atoms with E-state index in [-0.39, 0.29) is 11.7 Å². The molecule has 0 aliphatic heterocycles. The Hall–Kier alpha value is -0.860. The summed E-state index contributed by atoms with van der Waals surface area (Å²) in [5.74, 6) is 0. The van der Waals surface area contributed by atoms with E-state index in [0.717, 1.165) is 5.56 Å². The summed E-state index contributed by atoms with van der Waals surface area (Å²) in [5.41, 5.74) is 7.14. The molecule has 0 aliphatic carbocycles. The van der Waals surface area contributed by atoms with Gasteiger partial charge in [0.1, 0.15) is 0 Å². The van der Waals surface area contributed by atoms with Crippen molar-refractivity contribution >= 4 is 0 Å². The number of nitrogens with two attached hydrogens (primary N) is 1. The van der Waals surface area contributed by atoms with Crippen LogP contribution in [0.3, 0.4) is 0 Å². The van der Waals surface area contributed by atoms with Gasteiger partial charge in [-0.05, 0) is 26.3 Å². The van der Waals surface area contributed by atoms with Gasteiger partial charge in [0.25, 0.3) is 0 Å². The molecule has 1 rings (SSSR count). The average Bonchev–Trinajstić information content (AvgIpc) is 2.03. The van der Waals surface area contributed by atoms with Crippen LogP contribution in [0.25, 0.3) is 0 Å². The number of hydrogen-bond acceptors (Lipinski definition) is 2. The zero-order chi connectivity index (χ0) is 9.90. The third-order valence-electron chi connectivity index (χ3n) is 1.75. The van der Waals surface area contributed by atoms with Crippen molar-refractivity contribution in [1.82, 2.24) is 5.32 Å². The fourth-order valence-electron chi connectivity index (χ4n) is 1.21. The van der Waals surface area contributed by atoms with Gasteiger partial charge in [-0.1, -0.05) is 30.3 Å². The summed E-state index contributed by atoms with van der Waals surface area (Å²) in [6.07, 6.45) is -0.0822. The van der Waals surface area contributed by atoms with Crippen molar-refractivity contribution in [3.8, 4) is 0 Å². The van der Waals surface area contributed by atoms with E-state index >= 15 is 0 Å². The van der Waals surface area contributed by atoms with Crippen molar-refractivity contribution in [1.29, 1.82) is 0 Å². The van der Waals surface area contributed by atoms with E-state index in [1.165, 1.54) is 0 Å². The van der Waals surface area contributed by atoms with E-state index in [4.69, 9.17) is 5.73 Å². The lowest BCUT2D eigenvalue weighted by Gasteiger charge is -2.26. The van der Waals surface area contributed by atoms with Crippen LogP contribution in [-0.2, 0) is 0 Å². The smallest absolute Gasteiger partial charge is 0.0814 e. The fraction of sp³-hybridized carbons (Fsp3) is 0.455. The minimum Gasteiger partial charge on any atom is -0.312 e. The summed E-state index contributed by atoms with van der Waals surface area (Å²) in [5, 5.41) is 3.31. The molecule has 0 radical (unpaired) electrons. The molecular formula is C11H18N2. The van der Waals surface area contributed by atoms with Crippen molar-refractivity contribution < 1.29 is 0 Å². The van der Waals surface area contributed by atoms with E-state index in [1.54, 1.807) is 0 Å². The third-order valence-corrected chi connectivity index (χ3v) is 1.75. The average molecular weight is 178 g/mol. The predicted octanol–water partition coefficient (Wildman–Crippen LogP) is 2.03. The maximum atomic E-state index is 5.97. The molecule has 0 bridgehead atoms. The van der Waals surface area contributed by atoms with Crippen molar-refractivity contribution in [3.05, 3.63) is 35.9 Å². The normalized spacial score (nSPS) is 14.2. The maximum Gasteiger partial charge on any atom is 0.0814 e. The highest BCUT2D eigenvalue weighted by Crippen LogP contribution is 2.10. The summed E-state index contributed by atoms with van der Waals surface area (Å²) in [4.78, 5) is 0. The highest BCUT2D eigenvalue weighted by molar-refractivity contribution is 5.18. The second-order valence-corrected chi connectivity index (χ2v) is 4.28. The zero-order valence-electron chi connectivity index (χ0n) is 8.54. The van der Waals surface area contributed by atoms with E-state index in [9.17, 15) is 0 Å². The molecule has 0 saturated carbocycles. The second kappa shape index (κ2) is 3.90. The van der Waals surface area contributed by atoms with Gasteiger partial charge in [0.15, 0.2) is 0 Å². The molecule has 0 fully saturated rings. The van der Waals surface area contributed by atoms with Crippen LogP contribution in [0.15, 0.2) is 30.3 Å². The molecule has 0 heterocycles. The van der Waals surface area contributed by atoms with Crippen LogP contribution in [0.4, 0.5) is 0 Å². The molecule has 2 heteroatoms. The van der Waals surface area contributed by atoms with E-state index in [1.807, 2.05) is 30.3 Å². The fourth-order valence-corrected chi connectivity index (χ4v) is 1.21. The van der Waals surface area contributed by atoms with Crippen molar-refractivity contribution in [2.45, 2.75) is 32.5 Å². The molecule has 2 nitrogen and oxygen atoms in total. The van der Waals surface area contributed by atoms with Gasteiger partial charge in [-0.25, -0.2) is 0 Å². The molecule has 0 saturated heterocycles. The maximum absolute atomic E-state index is 5.97. The van der Waals surface area contributed by atoms with Gasteiger partial charge in [-0.15, -0.1) is 0 Å². The lowest BCUT2D eigenvalue weighted by Crippen LogP contribution is -2.42. The van der Waals surface area contributed by atoms with Crippen LogP contribution in [0.5, 0.6) is 0 Å². The summed E-state index contributed by atoms with van der Waals surface area (Å²) >= 11 is 0. The zero-order valence-corrected chi connectivity index (χ0v) is 8.54. The minimum atomic E-state index is -0.0822. The Bertz CT molecular complexity index is 249. The van der Waals surface area contributed by atoms with Gasteiger partial charge in [0.05, 0.1) is 6.17 Å². The Morgan fingerprint density at radius 1 is 1.15 bits per heavy atom. The summed E-state index contributed by atoms with van der Waals surface area (Å²) in [7, 11) is 0. The molecule has 0 aliphatic rings. The van der Waals surface area contributed by atoms with Crippen LogP contribution < -0.4 is 11.1 Å². The first-order valence-corrected chi connectivity index (χ1v) is 4.57. The van der Waals surface area contributed by atoms with Gasteiger partial charge in [-0.3, -0.25) is 5.32 Å². The van der Waals surface area contributed by atoms with Crippen LogP contribution in [-0.4, -0.2) is 5.54 Å². The number of nitrogens with one attached hydrogen (secondary N) is 1. The lowest BCUT2D eigenvalue weighted by molar-refractivity contribution is 0.369. The van der Waals surface area contributed by atoms with Gasteiger partial charge in [-0.2, -0.15) is 0 Å². The molecule has 1 aromatic rings. The van der Waals surface area contributed by atoms with Crippen molar-refractivity contribution in [3.63, 3.8) is 0 Å². The minimum absolute atomic E-state index is 0.0509. The largest absolute Gasteiger partial charge is 0.312 e. The van der Waals surface area contributed by atoms with E-state index < -0.39 is 0 Å². The Morgan fingerprint density at radius 2 is 1.69 bits per heavy atom. The quantitative estimate of drug-likeness (QED) is 0.680. The first kappa shape index (κ1) is 10.2. The molecule has 13 heavy (non-hydrogen) atoms. The standard InChI is InChI=1S/C11H18N2/c1-11(2,3)13-10(12)9-7-5-4-6-8-9/h4-8,10,13H,12H2,1-3H3.